The van der Waals surface area contributed by atoms with Crippen molar-refractivity contribution in [3.8, 4) is 0 Å². The Morgan fingerprint density at radius 3 is 1.87 bits per heavy atom. The van der Waals surface area contributed by atoms with Gasteiger partial charge in [-0.3, -0.25) is 0 Å². The van der Waals surface area contributed by atoms with Crippen LogP contribution in [0.15, 0.2) is 12.2 Å². The molecular weight excluding hydrogens is 286 g/mol. The summed E-state index contributed by atoms with van der Waals surface area (Å²) >= 11 is 0. The summed E-state index contributed by atoms with van der Waals surface area (Å²) in [6.45, 7) is 17.8. The van der Waals surface area contributed by atoms with Gasteiger partial charge in [0.2, 0.25) is 0 Å². The molecule has 0 amide bonds. The van der Waals surface area contributed by atoms with Crippen molar-refractivity contribution in [2.45, 2.75) is 79.1 Å². The third kappa shape index (κ3) is 10.5. The van der Waals surface area contributed by atoms with E-state index in [1.165, 1.54) is 69.2 Å². The first-order valence-corrected chi connectivity index (χ1v) is 9.69. The number of unbranched alkanes of at least 4 members (excludes halogenated alkanes) is 4. The number of quaternary nitrogens is 1. The Morgan fingerprint density at radius 1 is 0.826 bits per heavy atom. The maximum Gasteiger partial charge on any atom is 0.333 e. The molecular formula is C20H40NO2+. The van der Waals surface area contributed by atoms with Crippen LogP contribution in [-0.4, -0.2) is 43.2 Å². The van der Waals surface area contributed by atoms with Gasteiger partial charge in [0.15, 0.2) is 0 Å². The summed E-state index contributed by atoms with van der Waals surface area (Å²) in [5.74, 6) is -0.257. The van der Waals surface area contributed by atoms with Gasteiger partial charge in [-0.05, 0) is 45.4 Å². The number of carbonyl (C=O) groups is 1. The summed E-state index contributed by atoms with van der Waals surface area (Å²) in [5, 5.41) is 0. The Hall–Kier alpha value is -0.830. The molecule has 0 aromatic heterocycles. The lowest BCUT2D eigenvalue weighted by molar-refractivity contribution is -0.928. The summed E-state index contributed by atoms with van der Waals surface area (Å²) in [7, 11) is 0. The molecule has 0 rings (SSSR count). The molecule has 0 radical (unpaired) electrons. The van der Waals surface area contributed by atoms with E-state index in [0.29, 0.717) is 12.2 Å². The minimum atomic E-state index is -0.257. The van der Waals surface area contributed by atoms with Crippen LogP contribution in [0.5, 0.6) is 0 Å². The molecule has 0 aliphatic heterocycles. The minimum Gasteiger partial charge on any atom is -0.462 e. The molecule has 23 heavy (non-hydrogen) atoms. The van der Waals surface area contributed by atoms with Gasteiger partial charge in [0.1, 0.15) is 0 Å². The molecule has 3 heteroatoms. The number of hydrogen-bond donors (Lipinski definition) is 0. The average Bonchev–Trinajstić information content (AvgIpc) is 2.51. The van der Waals surface area contributed by atoms with E-state index in [2.05, 4.69) is 27.4 Å². The van der Waals surface area contributed by atoms with E-state index in [1.54, 1.807) is 6.92 Å². The van der Waals surface area contributed by atoms with Gasteiger partial charge in [0.25, 0.3) is 0 Å². The topological polar surface area (TPSA) is 26.3 Å². The fourth-order valence-electron chi connectivity index (χ4n) is 3.33. The summed E-state index contributed by atoms with van der Waals surface area (Å²) in [6.07, 6.45) is 9.96. The van der Waals surface area contributed by atoms with E-state index in [-0.39, 0.29) is 5.97 Å². The van der Waals surface area contributed by atoms with Gasteiger partial charge in [0, 0.05) is 5.57 Å². The maximum absolute atomic E-state index is 11.4. The molecule has 0 bridgehead atoms. The van der Waals surface area contributed by atoms with Crippen LogP contribution in [0.2, 0.25) is 0 Å². The van der Waals surface area contributed by atoms with Crippen LogP contribution in [0.3, 0.4) is 0 Å². The Balaban J connectivity index is 4.27. The van der Waals surface area contributed by atoms with Crippen LogP contribution in [0, 0.1) is 0 Å². The highest BCUT2D eigenvalue weighted by molar-refractivity contribution is 5.86. The molecule has 3 nitrogen and oxygen atoms in total. The Kier molecular flexibility index (Phi) is 13.1. The van der Waals surface area contributed by atoms with Crippen molar-refractivity contribution < 1.29 is 14.0 Å². The predicted molar refractivity (Wildman–Crippen MR) is 99.5 cm³/mol. The lowest BCUT2D eigenvalue weighted by Crippen LogP contribution is -2.50. The molecule has 0 saturated carbocycles. The summed E-state index contributed by atoms with van der Waals surface area (Å²) < 4.78 is 6.46. The molecule has 0 atom stereocenters. The normalized spacial score (nSPS) is 11.5. The van der Waals surface area contributed by atoms with E-state index in [0.717, 1.165) is 12.8 Å². The second-order valence-corrected chi connectivity index (χ2v) is 6.92. The monoisotopic (exact) mass is 326 g/mol. The molecule has 0 unspecified atom stereocenters. The summed E-state index contributed by atoms with van der Waals surface area (Å²) in [4.78, 5) is 11.4. The number of carbonyl (C=O) groups excluding carboxylic acids is 1. The SMILES string of the molecule is C=C(C)C(=O)OCCCC[N+](CCC)(CCC)CCCCCC. The van der Waals surface area contributed by atoms with Gasteiger partial charge >= 0.3 is 5.97 Å². The largest absolute Gasteiger partial charge is 0.462 e. The first-order valence-electron chi connectivity index (χ1n) is 9.69. The van der Waals surface area contributed by atoms with Crippen LogP contribution in [0.1, 0.15) is 79.1 Å². The Morgan fingerprint density at radius 2 is 1.39 bits per heavy atom. The van der Waals surface area contributed by atoms with E-state index in [4.69, 9.17) is 4.74 Å². The van der Waals surface area contributed by atoms with Crippen molar-refractivity contribution in [2.24, 2.45) is 0 Å². The van der Waals surface area contributed by atoms with E-state index >= 15 is 0 Å². The second-order valence-electron chi connectivity index (χ2n) is 6.92. The highest BCUT2D eigenvalue weighted by atomic mass is 16.5. The fourth-order valence-corrected chi connectivity index (χ4v) is 3.33. The van der Waals surface area contributed by atoms with Crippen molar-refractivity contribution in [2.75, 3.05) is 32.8 Å². The molecule has 0 aromatic rings. The molecule has 136 valence electrons. The molecule has 0 aliphatic carbocycles. The highest BCUT2D eigenvalue weighted by Crippen LogP contribution is 2.16. The smallest absolute Gasteiger partial charge is 0.333 e. The van der Waals surface area contributed by atoms with Crippen LogP contribution in [0.4, 0.5) is 0 Å². The van der Waals surface area contributed by atoms with E-state index < -0.39 is 0 Å². The molecule has 0 aliphatic rings. The first kappa shape index (κ1) is 22.2. The van der Waals surface area contributed by atoms with E-state index in [9.17, 15) is 4.79 Å². The quantitative estimate of drug-likeness (QED) is 0.181. The maximum atomic E-state index is 11.4. The van der Waals surface area contributed by atoms with Crippen LogP contribution >= 0.6 is 0 Å². The molecule has 0 aromatic carbocycles. The van der Waals surface area contributed by atoms with Crippen molar-refractivity contribution in [3.05, 3.63) is 12.2 Å². The molecule has 0 N–H and O–H groups in total. The number of nitrogens with zero attached hydrogens (tertiary/aromatic N) is 1. The predicted octanol–water partition coefficient (Wildman–Crippen LogP) is 5.10. The lowest BCUT2D eigenvalue weighted by Gasteiger charge is -2.39. The zero-order valence-corrected chi connectivity index (χ0v) is 16.2. The summed E-state index contributed by atoms with van der Waals surface area (Å²) in [5.41, 5.74) is 0.489. The zero-order chi connectivity index (χ0) is 17.6. The third-order valence-corrected chi connectivity index (χ3v) is 4.49. The van der Waals surface area contributed by atoms with E-state index in [1.807, 2.05) is 0 Å². The number of ether oxygens (including phenoxy) is 1. The number of hydrogen-bond acceptors (Lipinski definition) is 2. The molecule has 0 saturated heterocycles. The summed E-state index contributed by atoms with van der Waals surface area (Å²) in [6, 6.07) is 0. The molecule has 0 spiro atoms. The van der Waals surface area contributed by atoms with Gasteiger partial charge in [-0.25, -0.2) is 4.79 Å². The van der Waals surface area contributed by atoms with Crippen LogP contribution in [-0.2, 0) is 9.53 Å². The van der Waals surface area contributed by atoms with Gasteiger partial charge in [-0.15, -0.1) is 0 Å². The Bertz CT molecular complexity index is 320. The van der Waals surface area contributed by atoms with Gasteiger partial charge < -0.3 is 9.22 Å². The third-order valence-electron chi connectivity index (χ3n) is 4.49. The molecule has 0 heterocycles. The minimum absolute atomic E-state index is 0.257. The second kappa shape index (κ2) is 13.6. The lowest BCUT2D eigenvalue weighted by atomic mass is 10.1. The molecule has 0 fully saturated rings. The van der Waals surface area contributed by atoms with Crippen molar-refractivity contribution in [3.63, 3.8) is 0 Å². The van der Waals surface area contributed by atoms with Crippen molar-refractivity contribution >= 4 is 5.97 Å². The first-order chi connectivity index (χ1) is 11.0. The number of rotatable bonds is 15. The average molecular weight is 327 g/mol. The van der Waals surface area contributed by atoms with Gasteiger partial charge in [-0.1, -0.05) is 40.2 Å². The standard InChI is InChI=1S/C20H40NO2/c1-6-9-10-11-16-21(14-7-2,15-8-3)17-12-13-18-23-20(22)19(4)5/h4,6-18H2,1-3,5H3/q+1. The van der Waals surface area contributed by atoms with Crippen LogP contribution in [0.25, 0.3) is 0 Å². The Labute approximate surface area is 144 Å². The highest BCUT2D eigenvalue weighted by Gasteiger charge is 2.24. The van der Waals surface area contributed by atoms with Crippen molar-refractivity contribution in [1.82, 2.24) is 0 Å². The van der Waals surface area contributed by atoms with Crippen molar-refractivity contribution in [1.29, 1.82) is 0 Å². The van der Waals surface area contributed by atoms with Gasteiger partial charge in [-0.2, -0.15) is 0 Å². The van der Waals surface area contributed by atoms with Crippen LogP contribution < -0.4 is 0 Å². The van der Waals surface area contributed by atoms with Gasteiger partial charge in [0.05, 0.1) is 32.8 Å². The zero-order valence-electron chi connectivity index (χ0n) is 16.2. The fraction of sp³-hybridized carbons (Fsp3) is 0.850. The number of esters is 1.